The van der Waals surface area contributed by atoms with Crippen LogP contribution in [-0.4, -0.2) is 82.0 Å². The van der Waals surface area contributed by atoms with Crippen molar-refractivity contribution in [3.8, 4) is 0 Å². The van der Waals surface area contributed by atoms with Crippen molar-refractivity contribution in [1.82, 2.24) is 5.32 Å². The maximum absolute atomic E-state index is 12.7. The first kappa shape index (κ1) is 28.1. The minimum atomic E-state index is -1.16. The summed E-state index contributed by atoms with van der Waals surface area (Å²) in [6.07, 6.45) is -1.11. The molecule has 0 radical (unpaired) electrons. The summed E-state index contributed by atoms with van der Waals surface area (Å²) >= 11 is 0. The van der Waals surface area contributed by atoms with E-state index in [1.807, 2.05) is 13.8 Å². The van der Waals surface area contributed by atoms with Gasteiger partial charge in [-0.3, -0.25) is 0 Å². The quantitative estimate of drug-likeness (QED) is 0.378. The van der Waals surface area contributed by atoms with Crippen LogP contribution in [0.1, 0.15) is 67.2 Å². The second-order valence-corrected chi connectivity index (χ2v) is 11.6. The number of carbonyl (C=O) groups excluding carboxylic acids is 1. The summed E-state index contributed by atoms with van der Waals surface area (Å²) in [7, 11) is 0. The Morgan fingerprint density at radius 1 is 1.34 bits per heavy atom. The number of aliphatic hydroxyl groups excluding tert-OH is 2. The number of alkyl carbamates (subject to hydrolysis) is 1. The predicted molar refractivity (Wildman–Crippen MR) is 128 cm³/mol. The van der Waals surface area contributed by atoms with Gasteiger partial charge in [0, 0.05) is 30.8 Å². The fourth-order valence-corrected chi connectivity index (χ4v) is 5.25. The number of aliphatic hydroxyl groups is 3. The van der Waals surface area contributed by atoms with Crippen LogP contribution >= 0.6 is 0 Å². The normalized spacial score (nSPS) is 42.6. The fraction of sp³-hybridized carbons (Fsp3) is 0.880. The largest absolute Gasteiger partial charge is 0.494 e. The second kappa shape index (κ2) is 10.9. The smallest absolute Gasteiger partial charge is 0.407 e. The molecule has 10 nitrogen and oxygen atoms in total. The van der Waals surface area contributed by atoms with Crippen LogP contribution in [0.15, 0.2) is 11.8 Å². The minimum Gasteiger partial charge on any atom is -0.494 e. The Hall–Kier alpha value is -1.43. The van der Waals surface area contributed by atoms with Gasteiger partial charge in [-0.25, -0.2) is 4.79 Å². The summed E-state index contributed by atoms with van der Waals surface area (Å²) < 4.78 is 23.4. The molecule has 202 valence electrons. The van der Waals surface area contributed by atoms with E-state index in [-0.39, 0.29) is 25.0 Å². The van der Waals surface area contributed by atoms with Crippen LogP contribution in [0.5, 0.6) is 0 Å². The lowest BCUT2D eigenvalue weighted by Crippen LogP contribution is -2.66. The molecule has 10 heteroatoms. The van der Waals surface area contributed by atoms with Gasteiger partial charge in [-0.2, -0.15) is 0 Å². The van der Waals surface area contributed by atoms with Crippen LogP contribution in [0.4, 0.5) is 4.79 Å². The van der Waals surface area contributed by atoms with E-state index in [0.29, 0.717) is 6.42 Å². The number of nitrogens with two attached hydrogens (primary N) is 1. The lowest BCUT2D eigenvalue weighted by atomic mass is 9.71. The van der Waals surface area contributed by atoms with Gasteiger partial charge in [0.05, 0.1) is 24.1 Å². The van der Waals surface area contributed by atoms with Crippen LogP contribution in [0.2, 0.25) is 0 Å². The molecule has 35 heavy (non-hydrogen) atoms. The highest BCUT2D eigenvalue weighted by Gasteiger charge is 2.52. The number of allylic oxidation sites excluding steroid dienone is 2. The summed E-state index contributed by atoms with van der Waals surface area (Å²) in [5.74, 6) is 0.382. The van der Waals surface area contributed by atoms with Crippen molar-refractivity contribution in [2.75, 3.05) is 6.61 Å². The molecule has 1 saturated heterocycles. The molecule has 2 aliphatic heterocycles. The first-order valence-electron chi connectivity index (χ1n) is 12.7. The zero-order valence-electron chi connectivity index (χ0n) is 21.8. The van der Waals surface area contributed by atoms with E-state index in [1.165, 1.54) is 0 Å². The summed E-state index contributed by atoms with van der Waals surface area (Å²) in [5.41, 5.74) is 4.60. The molecule has 3 aliphatic rings. The van der Waals surface area contributed by atoms with Crippen LogP contribution in [0, 0.1) is 11.8 Å². The molecular formula is C25H44N2O8. The predicted octanol–water partition coefficient (Wildman–Crippen LogP) is 1.55. The zero-order chi connectivity index (χ0) is 26.1. The lowest BCUT2D eigenvalue weighted by molar-refractivity contribution is -0.289. The number of rotatable bonds is 5. The molecule has 1 saturated carbocycles. The summed E-state index contributed by atoms with van der Waals surface area (Å²) in [6.45, 7) is 11.0. The van der Waals surface area contributed by atoms with Crippen LogP contribution in [0.3, 0.4) is 0 Å². The zero-order valence-corrected chi connectivity index (χ0v) is 21.8. The second-order valence-electron chi connectivity index (χ2n) is 11.6. The van der Waals surface area contributed by atoms with E-state index >= 15 is 0 Å². The van der Waals surface area contributed by atoms with Crippen molar-refractivity contribution >= 4 is 6.09 Å². The molecule has 2 fully saturated rings. The van der Waals surface area contributed by atoms with E-state index in [4.69, 9.17) is 24.7 Å². The maximum atomic E-state index is 12.7. The van der Waals surface area contributed by atoms with Gasteiger partial charge in [0.2, 0.25) is 0 Å². The van der Waals surface area contributed by atoms with Gasteiger partial charge in [-0.1, -0.05) is 13.8 Å². The Bertz CT molecular complexity index is 767. The molecule has 0 aromatic heterocycles. The van der Waals surface area contributed by atoms with E-state index in [0.717, 1.165) is 18.6 Å². The summed E-state index contributed by atoms with van der Waals surface area (Å²) in [5, 5.41) is 35.1. The number of nitrogens with one attached hydrogen (secondary N) is 1. The monoisotopic (exact) mass is 500 g/mol. The highest BCUT2D eigenvalue weighted by Crippen LogP contribution is 2.39. The van der Waals surface area contributed by atoms with E-state index in [2.05, 4.69) is 11.4 Å². The molecule has 1 aliphatic carbocycles. The fourth-order valence-electron chi connectivity index (χ4n) is 5.25. The Kier molecular flexibility index (Phi) is 8.77. The number of hydrogen-bond donors (Lipinski definition) is 5. The van der Waals surface area contributed by atoms with Crippen molar-refractivity contribution in [2.24, 2.45) is 17.6 Å². The molecule has 2 heterocycles. The van der Waals surface area contributed by atoms with E-state index in [1.54, 1.807) is 27.7 Å². The van der Waals surface area contributed by atoms with Gasteiger partial charge in [0.25, 0.3) is 0 Å². The topological polar surface area (TPSA) is 153 Å². The van der Waals surface area contributed by atoms with Crippen LogP contribution in [0.25, 0.3) is 0 Å². The van der Waals surface area contributed by atoms with Crippen LogP contribution < -0.4 is 11.1 Å². The molecule has 0 bridgehead atoms. The van der Waals surface area contributed by atoms with Crippen molar-refractivity contribution in [3.63, 3.8) is 0 Å². The van der Waals surface area contributed by atoms with Gasteiger partial charge in [0.15, 0.2) is 6.29 Å². The third-order valence-corrected chi connectivity index (χ3v) is 6.95. The maximum Gasteiger partial charge on any atom is 0.407 e. The van der Waals surface area contributed by atoms with Crippen molar-refractivity contribution in [1.29, 1.82) is 0 Å². The van der Waals surface area contributed by atoms with Gasteiger partial charge >= 0.3 is 6.09 Å². The van der Waals surface area contributed by atoms with Gasteiger partial charge < -0.3 is 45.3 Å². The number of ether oxygens (including phenoxy) is 4. The molecule has 6 N–H and O–H groups in total. The van der Waals surface area contributed by atoms with Gasteiger partial charge in [-0.05, 0) is 52.5 Å². The van der Waals surface area contributed by atoms with Crippen molar-refractivity contribution in [2.45, 2.75) is 121 Å². The highest BCUT2D eigenvalue weighted by atomic mass is 16.7. The summed E-state index contributed by atoms with van der Waals surface area (Å²) in [6, 6.07) is -1.17. The molecular weight excluding hydrogens is 456 g/mol. The average molecular weight is 501 g/mol. The Labute approximate surface area is 208 Å². The molecule has 3 rings (SSSR count). The Balaban J connectivity index is 1.83. The first-order valence-corrected chi connectivity index (χ1v) is 12.7. The third-order valence-electron chi connectivity index (χ3n) is 6.95. The third kappa shape index (κ3) is 7.08. The molecule has 1 amide bonds. The summed E-state index contributed by atoms with van der Waals surface area (Å²) in [4.78, 5) is 12.7. The standard InChI is InChI=1S/C25H44N2O8/c1-7-14-9-8-13(2)20(33-14)18-16(27-23(30)35-24(3,4)5)10-15(26)21(19(18)29)34-22-17(28)11-25(6,31)12-32-22/h9,13,15-22,28-29,31H,7-8,10-12,26H2,1-6H3,(H,27,30). The number of carbonyl (C=O) groups is 1. The lowest BCUT2D eigenvalue weighted by Gasteiger charge is -2.49. The van der Waals surface area contributed by atoms with E-state index < -0.39 is 59.9 Å². The molecule has 10 unspecified atom stereocenters. The van der Waals surface area contributed by atoms with E-state index in [9.17, 15) is 20.1 Å². The molecule has 0 aromatic carbocycles. The first-order chi connectivity index (χ1) is 16.2. The molecule has 10 atom stereocenters. The Morgan fingerprint density at radius 2 is 2.03 bits per heavy atom. The van der Waals surface area contributed by atoms with Crippen molar-refractivity contribution in [3.05, 3.63) is 11.8 Å². The highest BCUT2D eigenvalue weighted by molar-refractivity contribution is 5.68. The van der Waals surface area contributed by atoms with Gasteiger partial charge in [0.1, 0.15) is 23.9 Å². The number of hydrogen-bond acceptors (Lipinski definition) is 9. The van der Waals surface area contributed by atoms with Crippen molar-refractivity contribution < 1.29 is 39.1 Å². The average Bonchev–Trinajstić information content (AvgIpc) is 2.71. The number of amides is 1. The SMILES string of the molecule is CCC1=CCC(C)C(C2C(NC(=O)OC(C)(C)C)CC(N)C(OC3OCC(C)(O)CC3O)C2O)O1. The molecule has 0 aromatic rings. The Morgan fingerprint density at radius 3 is 2.63 bits per heavy atom. The molecule has 0 spiro atoms. The minimum absolute atomic E-state index is 0.00748. The van der Waals surface area contributed by atoms with Gasteiger partial charge in [-0.15, -0.1) is 0 Å². The van der Waals surface area contributed by atoms with Crippen LogP contribution in [-0.2, 0) is 18.9 Å².